The Morgan fingerprint density at radius 2 is 2.19 bits per heavy atom. The fourth-order valence-corrected chi connectivity index (χ4v) is 2.95. The van der Waals surface area contributed by atoms with Crippen LogP contribution in [0.3, 0.4) is 0 Å². The molecule has 106 valence electrons. The second-order valence-corrected chi connectivity index (χ2v) is 5.49. The maximum atomic E-state index is 5.88. The monoisotopic (exact) mass is 279 g/mol. The summed E-state index contributed by atoms with van der Waals surface area (Å²) in [4.78, 5) is 9.30. The number of aryl methyl sites for hydroxylation is 1. The van der Waals surface area contributed by atoms with Crippen molar-refractivity contribution >= 4 is 11.2 Å². The Hall–Kier alpha value is -2.20. The molecule has 0 spiro atoms. The van der Waals surface area contributed by atoms with E-state index in [4.69, 9.17) is 9.72 Å². The van der Waals surface area contributed by atoms with Crippen molar-refractivity contribution < 1.29 is 4.74 Å². The summed E-state index contributed by atoms with van der Waals surface area (Å²) in [7, 11) is 0. The van der Waals surface area contributed by atoms with Crippen LogP contribution in [-0.2, 0) is 4.74 Å². The molecule has 3 aromatic rings. The van der Waals surface area contributed by atoms with Gasteiger partial charge in [-0.05, 0) is 38.0 Å². The highest BCUT2D eigenvalue weighted by Gasteiger charge is 2.24. The zero-order chi connectivity index (χ0) is 14.2. The summed E-state index contributed by atoms with van der Waals surface area (Å²) < 4.78 is 8.03. The first kappa shape index (κ1) is 12.5. The van der Waals surface area contributed by atoms with E-state index in [1.165, 1.54) is 5.56 Å². The molecule has 0 amide bonds. The molecule has 1 fully saturated rings. The van der Waals surface area contributed by atoms with E-state index in [-0.39, 0.29) is 6.23 Å². The third-order valence-corrected chi connectivity index (χ3v) is 3.92. The predicted molar refractivity (Wildman–Crippen MR) is 81.9 cm³/mol. The van der Waals surface area contributed by atoms with Gasteiger partial charge in [0, 0.05) is 18.4 Å². The molecule has 4 rings (SSSR count). The number of benzene rings is 1. The van der Waals surface area contributed by atoms with Crippen LogP contribution in [0.15, 0.2) is 42.6 Å². The van der Waals surface area contributed by atoms with E-state index in [0.29, 0.717) is 0 Å². The standard InChI is InChI=1S/C17H17N3O/c1-12-5-2-6-13(11-12)16-19-14-7-3-9-18-17(14)20(16)15-8-4-10-21-15/h2-3,5-7,9,11,15H,4,8,10H2,1H3. The van der Waals surface area contributed by atoms with E-state index < -0.39 is 0 Å². The first-order chi connectivity index (χ1) is 10.3. The number of rotatable bonds is 2. The van der Waals surface area contributed by atoms with Gasteiger partial charge in [-0.25, -0.2) is 9.97 Å². The van der Waals surface area contributed by atoms with Gasteiger partial charge in [-0.3, -0.25) is 4.57 Å². The summed E-state index contributed by atoms with van der Waals surface area (Å²) in [6.45, 7) is 2.91. The molecule has 1 aliphatic rings. The van der Waals surface area contributed by atoms with Gasteiger partial charge in [0.15, 0.2) is 5.65 Å². The number of ether oxygens (including phenoxy) is 1. The maximum Gasteiger partial charge on any atom is 0.162 e. The van der Waals surface area contributed by atoms with Crippen LogP contribution in [0.2, 0.25) is 0 Å². The molecule has 0 N–H and O–H groups in total. The third-order valence-electron chi connectivity index (χ3n) is 3.92. The Morgan fingerprint density at radius 1 is 1.24 bits per heavy atom. The second kappa shape index (κ2) is 4.97. The summed E-state index contributed by atoms with van der Waals surface area (Å²) in [5.41, 5.74) is 4.17. The van der Waals surface area contributed by atoms with E-state index in [9.17, 15) is 0 Å². The Bertz CT molecular complexity index is 788. The van der Waals surface area contributed by atoms with Crippen LogP contribution >= 0.6 is 0 Å². The molecule has 1 aromatic carbocycles. The van der Waals surface area contributed by atoms with Crippen LogP contribution in [0.1, 0.15) is 24.6 Å². The third kappa shape index (κ3) is 2.12. The lowest BCUT2D eigenvalue weighted by Gasteiger charge is -2.15. The molecule has 4 heteroatoms. The number of hydrogen-bond acceptors (Lipinski definition) is 3. The average Bonchev–Trinajstić information content (AvgIpc) is 3.14. The smallest absolute Gasteiger partial charge is 0.162 e. The van der Waals surface area contributed by atoms with Gasteiger partial charge in [0.2, 0.25) is 0 Å². The van der Waals surface area contributed by atoms with E-state index in [0.717, 1.165) is 42.0 Å². The molecule has 2 aromatic heterocycles. The molecule has 0 saturated carbocycles. The van der Waals surface area contributed by atoms with Gasteiger partial charge >= 0.3 is 0 Å². The SMILES string of the molecule is Cc1cccc(-c2nc3cccnc3n2C2CCCO2)c1. The molecule has 21 heavy (non-hydrogen) atoms. The lowest BCUT2D eigenvalue weighted by Crippen LogP contribution is -2.09. The van der Waals surface area contributed by atoms with E-state index >= 15 is 0 Å². The van der Waals surface area contributed by atoms with Gasteiger partial charge < -0.3 is 4.74 Å². The molecular weight excluding hydrogens is 262 g/mol. The normalized spacial score (nSPS) is 18.4. The minimum Gasteiger partial charge on any atom is -0.358 e. The van der Waals surface area contributed by atoms with Crippen LogP contribution < -0.4 is 0 Å². The largest absolute Gasteiger partial charge is 0.358 e. The Kier molecular flexibility index (Phi) is 2.97. The topological polar surface area (TPSA) is 39.9 Å². The van der Waals surface area contributed by atoms with Crippen molar-refractivity contribution in [2.24, 2.45) is 0 Å². The van der Waals surface area contributed by atoms with Crippen molar-refractivity contribution in [3.63, 3.8) is 0 Å². The molecule has 1 aliphatic heterocycles. The quantitative estimate of drug-likeness (QED) is 0.718. The zero-order valence-electron chi connectivity index (χ0n) is 12.0. The van der Waals surface area contributed by atoms with Crippen LogP contribution in [-0.4, -0.2) is 21.1 Å². The zero-order valence-corrected chi connectivity index (χ0v) is 12.0. The number of aromatic nitrogens is 3. The number of nitrogens with zero attached hydrogens (tertiary/aromatic N) is 3. The van der Waals surface area contributed by atoms with Gasteiger partial charge in [0.05, 0.1) is 0 Å². The van der Waals surface area contributed by atoms with E-state index in [1.54, 1.807) is 0 Å². The molecular formula is C17H17N3O. The summed E-state index contributed by atoms with van der Waals surface area (Å²) >= 11 is 0. The highest BCUT2D eigenvalue weighted by molar-refractivity contribution is 5.77. The predicted octanol–water partition coefficient (Wildman–Crippen LogP) is 3.72. The van der Waals surface area contributed by atoms with Gasteiger partial charge in [0.1, 0.15) is 17.6 Å². The van der Waals surface area contributed by atoms with Gasteiger partial charge in [-0.1, -0.05) is 23.8 Å². The molecule has 0 aliphatic carbocycles. The molecule has 4 nitrogen and oxygen atoms in total. The number of pyridine rings is 1. The molecule has 1 atom stereocenters. The highest BCUT2D eigenvalue weighted by atomic mass is 16.5. The number of hydrogen-bond donors (Lipinski definition) is 0. The Morgan fingerprint density at radius 3 is 3.00 bits per heavy atom. The van der Waals surface area contributed by atoms with Crippen LogP contribution in [0.25, 0.3) is 22.6 Å². The average molecular weight is 279 g/mol. The van der Waals surface area contributed by atoms with Gasteiger partial charge in [0.25, 0.3) is 0 Å². The fourth-order valence-electron chi connectivity index (χ4n) is 2.95. The summed E-state index contributed by atoms with van der Waals surface area (Å²) in [5, 5.41) is 0. The fraction of sp³-hybridized carbons (Fsp3) is 0.294. The van der Waals surface area contributed by atoms with Crippen molar-refractivity contribution in [1.29, 1.82) is 0 Å². The van der Waals surface area contributed by atoms with E-state index in [1.807, 2.05) is 18.3 Å². The van der Waals surface area contributed by atoms with Crippen molar-refractivity contribution in [2.45, 2.75) is 26.0 Å². The molecule has 1 saturated heterocycles. The Balaban J connectivity index is 1.97. The first-order valence-electron chi connectivity index (χ1n) is 7.34. The summed E-state index contributed by atoms with van der Waals surface area (Å²) in [6, 6.07) is 12.4. The van der Waals surface area contributed by atoms with E-state index in [2.05, 4.69) is 40.7 Å². The molecule has 0 bridgehead atoms. The second-order valence-electron chi connectivity index (χ2n) is 5.49. The number of fused-ring (bicyclic) bond motifs is 1. The highest BCUT2D eigenvalue weighted by Crippen LogP contribution is 2.32. The van der Waals surface area contributed by atoms with Crippen molar-refractivity contribution in [3.8, 4) is 11.4 Å². The van der Waals surface area contributed by atoms with Crippen LogP contribution in [0, 0.1) is 6.92 Å². The van der Waals surface area contributed by atoms with Crippen LogP contribution in [0.4, 0.5) is 0 Å². The van der Waals surface area contributed by atoms with Crippen molar-refractivity contribution in [1.82, 2.24) is 14.5 Å². The van der Waals surface area contributed by atoms with Crippen LogP contribution in [0.5, 0.6) is 0 Å². The maximum absolute atomic E-state index is 5.88. The first-order valence-corrected chi connectivity index (χ1v) is 7.34. The van der Waals surface area contributed by atoms with Gasteiger partial charge in [-0.2, -0.15) is 0 Å². The summed E-state index contributed by atoms with van der Waals surface area (Å²) in [6.07, 6.45) is 3.96. The number of imidazole rings is 1. The van der Waals surface area contributed by atoms with Crippen molar-refractivity contribution in [2.75, 3.05) is 6.61 Å². The lowest BCUT2D eigenvalue weighted by atomic mass is 10.1. The lowest BCUT2D eigenvalue weighted by molar-refractivity contribution is 0.0606. The van der Waals surface area contributed by atoms with Gasteiger partial charge in [-0.15, -0.1) is 0 Å². The molecule has 1 unspecified atom stereocenters. The molecule has 0 radical (unpaired) electrons. The summed E-state index contributed by atoms with van der Waals surface area (Å²) in [5.74, 6) is 0.944. The minimum atomic E-state index is 0.0420. The van der Waals surface area contributed by atoms with Crippen molar-refractivity contribution in [3.05, 3.63) is 48.2 Å². The Labute approximate surface area is 123 Å². The minimum absolute atomic E-state index is 0.0420. The molecule has 3 heterocycles.